The molecular weight excluding hydrogens is 354 g/mol. The van der Waals surface area contributed by atoms with Gasteiger partial charge >= 0.3 is 0 Å². The molecule has 0 amide bonds. The minimum absolute atomic E-state index is 0.292. The summed E-state index contributed by atoms with van der Waals surface area (Å²) in [6.45, 7) is 2.35. The Morgan fingerprint density at radius 3 is 2.48 bits per heavy atom. The lowest BCUT2D eigenvalue weighted by Gasteiger charge is -2.06. The first-order valence-electron chi connectivity index (χ1n) is 8.02. The van der Waals surface area contributed by atoms with Crippen molar-refractivity contribution in [1.82, 2.24) is 14.7 Å². The predicted molar refractivity (Wildman–Crippen MR) is 100 cm³/mol. The summed E-state index contributed by atoms with van der Waals surface area (Å²) < 4.78 is 27.3. The standard InChI is InChI=1S/C18H19N3O2S2/c1-2-14-3-5-17(6-4-14)25(22,23)20-12-9-16-13-24-18(21-16)15-7-10-19-11-8-15/h3-8,10-11,13,20H,2,9,12H2,1H3. The first-order chi connectivity index (χ1) is 12.1. The zero-order valence-corrected chi connectivity index (χ0v) is 15.5. The lowest BCUT2D eigenvalue weighted by molar-refractivity contribution is 0.581. The van der Waals surface area contributed by atoms with Crippen LogP contribution in [0.15, 0.2) is 59.1 Å². The monoisotopic (exact) mass is 373 g/mol. The largest absolute Gasteiger partial charge is 0.265 e. The van der Waals surface area contributed by atoms with Gasteiger partial charge in [-0.15, -0.1) is 11.3 Å². The van der Waals surface area contributed by atoms with Gasteiger partial charge in [0.25, 0.3) is 0 Å². The van der Waals surface area contributed by atoms with E-state index >= 15 is 0 Å². The summed E-state index contributed by atoms with van der Waals surface area (Å²) in [5.41, 5.74) is 3.01. The highest BCUT2D eigenvalue weighted by atomic mass is 32.2. The van der Waals surface area contributed by atoms with E-state index in [0.717, 1.165) is 28.2 Å². The van der Waals surface area contributed by atoms with Crippen LogP contribution in [0.25, 0.3) is 10.6 Å². The van der Waals surface area contributed by atoms with Gasteiger partial charge in [-0.1, -0.05) is 19.1 Å². The van der Waals surface area contributed by atoms with Crippen LogP contribution >= 0.6 is 11.3 Å². The van der Waals surface area contributed by atoms with E-state index in [-0.39, 0.29) is 0 Å². The molecule has 130 valence electrons. The Balaban J connectivity index is 1.59. The molecule has 0 radical (unpaired) electrons. The number of hydrogen-bond acceptors (Lipinski definition) is 5. The topological polar surface area (TPSA) is 72.0 Å². The number of rotatable bonds is 7. The molecule has 2 heterocycles. The number of nitrogens with zero attached hydrogens (tertiary/aromatic N) is 2. The molecule has 0 aliphatic rings. The second-order valence-electron chi connectivity index (χ2n) is 5.53. The normalized spacial score (nSPS) is 11.6. The summed E-state index contributed by atoms with van der Waals surface area (Å²) in [4.78, 5) is 8.84. The maximum atomic E-state index is 12.3. The molecule has 3 rings (SSSR count). The SMILES string of the molecule is CCc1ccc(S(=O)(=O)NCCc2csc(-c3ccncc3)n2)cc1. The molecule has 3 aromatic rings. The van der Waals surface area contributed by atoms with Crippen LogP contribution in [0.4, 0.5) is 0 Å². The third kappa shape index (κ3) is 4.50. The molecule has 5 nitrogen and oxygen atoms in total. The molecule has 2 aromatic heterocycles. The van der Waals surface area contributed by atoms with Crippen molar-refractivity contribution in [2.75, 3.05) is 6.54 Å². The van der Waals surface area contributed by atoms with Gasteiger partial charge in [-0.2, -0.15) is 0 Å². The Kier molecular flexibility index (Phi) is 5.57. The van der Waals surface area contributed by atoms with Crippen LogP contribution in [0.3, 0.4) is 0 Å². The van der Waals surface area contributed by atoms with Crippen LogP contribution in [0.5, 0.6) is 0 Å². The molecule has 0 aliphatic heterocycles. The molecule has 0 unspecified atom stereocenters. The number of aromatic nitrogens is 2. The summed E-state index contributed by atoms with van der Waals surface area (Å²) in [6.07, 6.45) is 4.90. The van der Waals surface area contributed by atoms with Gasteiger partial charge in [-0.3, -0.25) is 4.98 Å². The summed E-state index contributed by atoms with van der Waals surface area (Å²) in [7, 11) is -3.48. The van der Waals surface area contributed by atoms with Gasteiger partial charge in [0.2, 0.25) is 10.0 Å². The van der Waals surface area contributed by atoms with E-state index in [9.17, 15) is 8.42 Å². The molecule has 0 aliphatic carbocycles. The van der Waals surface area contributed by atoms with Crippen LogP contribution in [-0.2, 0) is 22.9 Å². The molecule has 0 atom stereocenters. The van der Waals surface area contributed by atoms with E-state index in [1.807, 2.05) is 36.6 Å². The van der Waals surface area contributed by atoms with Crippen molar-refractivity contribution in [3.8, 4) is 10.6 Å². The summed E-state index contributed by atoms with van der Waals surface area (Å²) >= 11 is 1.54. The zero-order chi connectivity index (χ0) is 17.7. The van der Waals surface area contributed by atoms with Crippen LogP contribution < -0.4 is 4.72 Å². The van der Waals surface area contributed by atoms with Crippen LogP contribution in [0.1, 0.15) is 18.2 Å². The Morgan fingerprint density at radius 2 is 1.80 bits per heavy atom. The summed E-state index contributed by atoms with van der Waals surface area (Å²) in [6, 6.07) is 10.8. The van der Waals surface area contributed by atoms with Crippen molar-refractivity contribution in [2.45, 2.75) is 24.7 Å². The number of thiazole rings is 1. The van der Waals surface area contributed by atoms with Gasteiger partial charge in [0, 0.05) is 36.3 Å². The maximum Gasteiger partial charge on any atom is 0.240 e. The fraction of sp³-hybridized carbons (Fsp3) is 0.222. The van der Waals surface area contributed by atoms with E-state index < -0.39 is 10.0 Å². The zero-order valence-electron chi connectivity index (χ0n) is 13.8. The molecule has 0 saturated heterocycles. The van der Waals surface area contributed by atoms with Gasteiger partial charge in [0.05, 0.1) is 10.6 Å². The van der Waals surface area contributed by atoms with Crippen molar-refractivity contribution in [3.05, 3.63) is 65.4 Å². The first-order valence-corrected chi connectivity index (χ1v) is 10.4. The van der Waals surface area contributed by atoms with Crippen molar-refractivity contribution < 1.29 is 8.42 Å². The van der Waals surface area contributed by atoms with E-state index in [1.54, 1.807) is 35.9 Å². The highest BCUT2D eigenvalue weighted by Crippen LogP contribution is 2.23. The molecular formula is C18H19N3O2S2. The Hall–Kier alpha value is -2.09. The van der Waals surface area contributed by atoms with Gasteiger partial charge in [0.1, 0.15) is 5.01 Å². The molecule has 1 aromatic carbocycles. The number of nitrogens with one attached hydrogen (secondary N) is 1. The van der Waals surface area contributed by atoms with Crippen molar-refractivity contribution >= 4 is 21.4 Å². The number of pyridine rings is 1. The van der Waals surface area contributed by atoms with Gasteiger partial charge in [-0.25, -0.2) is 18.1 Å². The fourth-order valence-electron chi connectivity index (χ4n) is 2.35. The summed E-state index contributed by atoms with van der Waals surface area (Å²) in [5.74, 6) is 0. The van der Waals surface area contributed by atoms with Crippen LogP contribution in [0, 0.1) is 0 Å². The van der Waals surface area contributed by atoms with Gasteiger partial charge in [0.15, 0.2) is 0 Å². The predicted octanol–water partition coefficient (Wildman–Crippen LogP) is 3.29. The van der Waals surface area contributed by atoms with Crippen molar-refractivity contribution in [3.63, 3.8) is 0 Å². The second kappa shape index (κ2) is 7.86. The summed E-state index contributed by atoms with van der Waals surface area (Å²) in [5, 5.41) is 2.87. The first kappa shape index (κ1) is 17.7. The average molecular weight is 374 g/mol. The number of hydrogen-bond donors (Lipinski definition) is 1. The fourth-order valence-corrected chi connectivity index (χ4v) is 4.24. The van der Waals surface area contributed by atoms with E-state index in [0.29, 0.717) is 17.9 Å². The average Bonchev–Trinajstić information content (AvgIpc) is 3.11. The van der Waals surface area contributed by atoms with Crippen LogP contribution in [-0.4, -0.2) is 24.9 Å². The lowest BCUT2D eigenvalue weighted by Crippen LogP contribution is -2.26. The minimum Gasteiger partial charge on any atom is -0.265 e. The molecule has 25 heavy (non-hydrogen) atoms. The quantitative estimate of drug-likeness (QED) is 0.690. The number of aryl methyl sites for hydroxylation is 1. The van der Waals surface area contributed by atoms with E-state index in [1.165, 1.54) is 0 Å². The van der Waals surface area contributed by atoms with Crippen molar-refractivity contribution in [1.29, 1.82) is 0 Å². The van der Waals surface area contributed by atoms with E-state index in [4.69, 9.17) is 0 Å². The molecule has 1 N–H and O–H groups in total. The maximum absolute atomic E-state index is 12.3. The Bertz CT molecular complexity index is 920. The number of benzene rings is 1. The highest BCUT2D eigenvalue weighted by Gasteiger charge is 2.13. The van der Waals surface area contributed by atoms with Crippen molar-refractivity contribution in [2.24, 2.45) is 0 Å². The molecule has 0 fully saturated rings. The number of sulfonamides is 1. The Morgan fingerprint density at radius 1 is 1.08 bits per heavy atom. The third-order valence-corrected chi connectivity index (χ3v) is 6.21. The Labute approximate surface area is 151 Å². The van der Waals surface area contributed by atoms with Gasteiger partial charge in [-0.05, 0) is 36.2 Å². The minimum atomic E-state index is -3.48. The van der Waals surface area contributed by atoms with E-state index in [2.05, 4.69) is 14.7 Å². The highest BCUT2D eigenvalue weighted by molar-refractivity contribution is 7.89. The van der Waals surface area contributed by atoms with Gasteiger partial charge < -0.3 is 0 Å². The lowest BCUT2D eigenvalue weighted by atomic mass is 10.2. The third-order valence-electron chi connectivity index (χ3n) is 3.79. The molecule has 0 bridgehead atoms. The smallest absolute Gasteiger partial charge is 0.240 e. The molecule has 0 spiro atoms. The second-order valence-corrected chi connectivity index (χ2v) is 8.15. The van der Waals surface area contributed by atoms with Crippen LogP contribution in [0.2, 0.25) is 0 Å². The molecule has 0 saturated carbocycles. The molecule has 7 heteroatoms.